The van der Waals surface area contributed by atoms with Crippen LogP contribution in [0.25, 0.3) is 0 Å². The third kappa shape index (κ3) is 1.93. The highest BCUT2D eigenvalue weighted by Crippen LogP contribution is 2.23. The minimum absolute atomic E-state index is 0.377. The molecule has 2 unspecified atom stereocenters. The number of phenols is 1. The highest BCUT2D eigenvalue weighted by molar-refractivity contribution is 5.27. The number of hydrogen-bond acceptors (Lipinski definition) is 3. The fraction of sp³-hybridized carbons (Fsp3) is 0.538. The molecule has 0 aromatic heterocycles. The van der Waals surface area contributed by atoms with Crippen LogP contribution in [0.3, 0.4) is 0 Å². The third-order valence-corrected chi connectivity index (χ3v) is 3.77. The summed E-state index contributed by atoms with van der Waals surface area (Å²) < 4.78 is 0. The Labute approximate surface area is 96.1 Å². The Morgan fingerprint density at radius 3 is 3.06 bits per heavy atom. The molecule has 3 rings (SSSR count). The Morgan fingerprint density at radius 2 is 2.38 bits per heavy atom. The maximum absolute atomic E-state index is 9.39. The van der Waals surface area contributed by atoms with Gasteiger partial charge in [0.25, 0.3) is 0 Å². The summed E-state index contributed by atoms with van der Waals surface area (Å²) >= 11 is 0. The van der Waals surface area contributed by atoms with Gasteiger partial charge in [0.2, 0.25) is 0 Å². The van der Waals surface area contributed by atoms with Crippen LogP contribution in [0, 0.1) is 0 Å². The summed E-state index contributed by atoms with van der Waals surface area (Å²) in [5, 5.41) is 12.9. The summed E-state index contributed by atoms with van der Waals surface area (Å²) in [5.74, 6) is 0.377. The molecule has 3 nitrogen and oxygen atoms in total. The molecule has 0 aliphatic carbocycles. The van der Waals surface area contributed by atoms with Crippen LogP contribution in [-0.4, -0.2) is 41.7 Å². The molecular weight excluding hydrogens is 200 g/mol. The van der Waals surface area contributed by atoms with Gasteiger partial charge in [-0.1, -0.05) is 12.1 Å². The van der Waals surface area contributed by atoms with Crippen molar-refractivity contribution in [3.05, 3.63) is 29.8 Å². The van der Waals surface area contributed by atoms with Crippen molar-refractivity contribution in [2.45, 2.75) is 24.9 Å². The zero-order valence-corrected chi connectivity index (χ0v) is 9.39. The summed E-state index contributed by atoms with van der Waals surface area (Å²) in [6, 6.07) is 9.09. The minimum Gasteiger partial charge on any atom is -0.508 e. The molecule has 86 valence electrons. The highest BCUT2D eigenvalue weighted by atomic mass is 16.3. The van der Waals surface area contributed by atoms with Crippen molar-refractivity contribution in [3.63, 3.8) is 0 Å². The molecule has 2 aliphatic heterocycles. The number of likely N-dealkylation sites (tertiary alicyclic amines) is 1. The first kappa shape index (κ1) is 10.1. The Morgan fingerprint density at radius 1 is 1.44 bits per heavy atom. The van der Waals surface area contributed by atoms with Gasteiger partial charge in [0.05, 0.1) is 0 Å². The van der Waals surface area contributed by atoms with E-state index in [0.717, 1.165) is 31.6 Å². The van der Waals surface area contributed by atoms with Crippen molar-refractivity contribution in [3.8, 4) is 5.75 Å². The molecule has 3 heteroatoms. The maximum atomic E-state index is 9.39. The number of fused-ring (bicyclic) bond motifs is 2. The largest absolute Gasteiger partial charge is 0.508 e. The topological polar surface area (TPSA) is 35.5 Å². The molecule has 2 aliphatic rings. The van der Waals surface area contributed by atoms with E-state index >= 15 is 0 Å². The Kier molecular flexibility index (Phi) is 2.58. The van der Waals surface area contributed by atoms with E-state index in [1.807, 2.05) is 12.1 Å². The molecule has 0 saturated carbocycles. The van der Waals surface area contributed by atoms with E-state index in [1.165, 1.54) is 18.5 Å². The van der Waals surface area contributed by atoms with Gasteiger partial charge in [0, 0.05) is 31.7 Å². The summed E-state index contributed by atoms with van der Waals surface area (Å²) in [5.41, 5.74) is 1.23. The predicted octanol–water partition coefficient (Wildman–Crippen LogP) is 0.981. The van der Waals surface area contributed by atoms with Crippen molar-refractivity contribution >= 4 is 0 Å². The first-order valence-electron chi connectivity index (χ1n) is 6.06. The number of hydrogen-bond donors (Lipinski definition) is 2. The van der Waals surface area contributed by atoms with Gasteiger partial charge in [-0.3, -0.25) is 4.90 Å². The molecule has 0 amide bonds. The van der Waals surface area contributed by atoms with E-state index in [9.17, 15) is 5.11 Å². The summed E-state index contributed by atoms with van der Waals surface area (Å²) in [7, 11) is 0. The molecule has 2 fully saturated rings. The van der Waals surface area contributed by atoms with E-state index in [-0.39, 0.29) is 0 Å². The molecule has 2 heterocycles. The molecular formula is C13H18N2O. The van der Waals surface area contributed by atoms with Gasteiger partial charge in [-0.25, -0.2) is 0 Å². The fourth-order valence-corrected chi connectivity index (χ4v) is 2.91. The normalized spacial score (nSPS) is 28.8. The Hall–Kier alpha value is -1.06. The lowest BCUT2D eigenvalue weighted by molar-refractivity contribution is 0.229. The average molecular weight is 218 g/mol. The molecule has 1 aromatic carbocycles. The predicted molar refractivity (Wildman–Crippen MR) is 63.6 cm³/mol. The van der Waals surface area contributed by atoms with Crippen LogP contribution in [0.5, 0.6) is 5.75 Å². The number of benzene rings is 1. The van der Waals surface area contributed by atoms with Gasteiger partial charge in [0.1, 0.15) is 5.75 Å². The van der Waals surface area contributed by atoms with E-state index in [4.69, 9.17) is 0 Å². The molecule has 0 spiro atoms. The lowest BCUT2D eigenvalue weighted by Gasteiger charge is -2.27. The Balaban J connectivity index is 1.57. The van der Waals surface area contributed by atoms with Gasteiger partial charge in [0.15, 0.2) is 0 Å². The van der Waals surface area contributed by atoms with Crippen LogP contribution in [0.1, 0.15) is 12.0 Å². The second-order valence-corrected chi connectivity index (χ2v) is 4.91. The lowest BCUT2D eigenvalue weighted by atomic mass is 10.1. The van der Waals surface area contributed by atoms with Crippen LogP contribution < -0.4 is 5.32 Å². The van der Waals surface area contributed by atoms with Crippen molar-refractivity contribution in [1.82, 2.24) is 10.2 Å². The quantitative estimate of drug-likeness (QED) is 0.794. The zero-order valence-electron chi connectivity index (χ0n) is 9.39. The number of nitrogens with one attached hydrogen (secondary N) is 1. The number of phenolic OH excluding ortho intramolecular Hbond substituents is 1. The van der Waals surface area contributed by atoms with Crippen LogP contribution in [0.15, 0.2) is 24.3 Å². The van der Waals surface area contributed by atoms with E-state index in [2.05, 4.69) is 16.3 Å². The SMILES string of the molecule is Oc1cccc(CCN2CC3CC2CN3)c1. The second-order valence-electron chi connectivity index (χ2n) is 4.91. The van der Waals surface area contributed by atoms with Gasteiger partial charge in [-0.05, 0) is 30.5 Å². The van der Waals surface area contributed by atoms with Gasteiger partial charge in [-0.2, -0.15) is 0 Å². The van der Waals surface area contributed by atoms with Gasteiger partial charge >= 0.3 is 0 Å². The molecule has 2 saturated heterocycles. The van der Waals surface area contributed by atoms with Crippen LogP contribution in [0.4, 0.5) is 0 Å². The number of piperazine rings is 1. The summed E-state index contributed by atoms with van der Waals surface area (Å²) in [6.45, 7) is 3.47. The van der Waals surface area contributed by atoms with Crippen LogP contribution in [0.2, 0.25) is 0 Å². The van der Waals surface area contributed by atoms with Crippen molar-refractivity contribution < 1.29 is 5.11 Å². The summed E-state index contributed by atoms with van der Waals surface area (Å²) in [4.78, 5) is 2.57. The van der Waals surface area contributed by atoms with E-state index in [1.54, 1.807) is 6.07 Å². The first-order valence-corrected chi connectivity index (χ1v) is 6.06. The number of rotatable bonds is 3. The second kappa shape index (κ2) is 4.07. The fourth-order valence-electron chi connectivity index (χ4n) is 2.91. The third-order valence-electron chi connectivity index (χ3n) is 3.77. The number of nitrogens with zero attached hydrogens (tertiary/aromatic N) is 1. The summed E-state index contributed by atoms with van der Waals surface area (Å²) in [6.07, 6.45) is 2.36. The minimum atomic E-state index is 0.377. The smallest absolute Gasteiger partial charge is 0.115 e. The van der Waals surface area contributed by atoms with Crippen molar-refractivity contribution in [2.24, 2.45) is 0 Å². The Bertz CT molecular complexity index is 380. The average Bonchev–Trinajstić information content (AvgIpc) is 2.88. The van der Waals surface area contributed by atoms with Crippen molar-refractivity contribution in [2.75, 3.05) is 19.6 Å². The highest BCUT2D eigenvalue weighted by Gasteiger charge is 2.36. The van der Waals surface area contributed by atoms with Crippen LogP contribution in [-0.2, 0) is 6.42 Å². The van der Waals surface area contributed by atoms with Crippen molar-refractivity contribution in [1.29, 1.82) is 0 Å². The molecule has 0 radical (unpaired) electrons. The van der Waals surface area contributed by atoms with Gasteiger partial charge < -0.3 is 10.4 Å². The molecule has 2 bridgehead atoms. The zero-order chi connectivity index (χ0) is 11.0. The standard InChI is InChI=1S/C13H18N2O/c16-13-3-1-2-10(6-13)4-5-15-9-11-7-12(15)8-14-11/h1-3,6,11-12,14,16H,4-5,7-9H2. The van der Waals surface area contributed by atoms with E-state index in [0.29, 0.717) is 5.75 Å². The molecule has 1 aromatic rings. The maximum Gasteiger partial charge on any atom is 0.115 e. The van der Waals surface area contributed by atoms with E-state index < -0.39 is 0 Å². The van der Waals surface area contributed by atoms with Gasteiger partial charge in [-0.15, -0.1) is 0 Å². The number of aromatic hydroxyl groups is 1. The monoisotopic (exact) mass is 218 g/mol. The molecule has 16 heavy (non-hydrogen) atoms. The van der Waals surface area contributed by atoms with Crippen LogP contribution >= 0.6 is 0 Å². The lowest BCUT2D eigenvalue weighted by Crippen LogP contribution is -2.44. The molecule has 2 atom stereocenters. The first-order chi connectivity index (χ1) is 7.81. The molecule has 2 N–H and O–H groups in total.